The van der Waals surface area contributed by atoms with E-state index < -0.39 is 5.41 Å². The van der Waals surface area contributed by atoms with Gasteiger partial charge in [0.05, 0.1) is 30.8 Å². The smallest absolute Gasteiger partial charge is 0.311 e. The Morgan fingerprint density at radius 2 is 1.66 bits per heavy atom. The maximum Gasteiger partial charge on any atom is 0.311 e. The molecule has 0 amide bonds. The average molecular weight is 500 g/mol. The minimum atomic E-state index is -0.444. The number of unbranched alkanes of at least 4 members (excludes halogenated alkanes) is 3. The molecule has 8 heteroatoms. The molecule has 35 heavy (non-hydrogen) atoms. The van der Waals surface area contributed by atoms with Gasteiger partial charge >= 0.3 is 5.97 Å². The molecule has 7 nitrogen and oxygen atoms in total. The fraction of sp³-hybridized carbons (Fsp3) is 0.519. The number of carbonyl (C=O) groups is 1. The first-order valence-corrected chi connectivity index (χ1v) is 13.4. The lowest BCUT2D eigenvalue weighted by Crippen LogP contribution is -2.26. The summed E-state index contributed by atoms with van der Waals surface area (Å²) in [5.74, 6) is 2.58. The molecule has 3 rings (SSSR count). The Kier molecular flexibility index (Phi) is 10.7. The van der Waals surface area contributed by atoms with Crippen molar-refractivity contribution in [3.63, 3.8) is 0 Å². The van der Waals surface area contributed by atoms with Gasteiger partial charge in [0.15, 0.2) is 10.8 Å². The molecule has 0 fully saturated rings. The number of nitrogens with zero attached hydrogens (tertiary/aromatic N) is 2. The van der Waals surface area contributed by atoms with Gasteiger partial charge in [-0.3, -0.25) is 4.79 Å². The summed E-state index contributed by atoms with van der Waals surface area (Å²) in [6.07, 6.45) is 7.60. The molecular formula is C27H37N3O4S. The number of aromatic nitrogens is 3. The largest absolute Gasteiger partial charge is 0.494 e. The van der Waals surface area contributed by atoms with Crippen LogP contribution in [-0.2, 0) is 9.53 Å². The first kappa shape index (κ1) is 26.9. The van der Waals surface area contributed by atoms with Gasteiger partial charge in [0, 0.05) is 11.9 Å². The zero-order valence-corrected chi connectivity index (χ0v) is 21.9. The molecule has 3 aromatic rings. The fourth-order valence-electron chi connectivity index (χ4n) is 3.55. The van der Waals surface area contributed by atoms with E-state index in [1.165, 1.54) is 0 Å². The van der Waals surface area contributed by atoms with Crippen molar-refractivity contribution in [1.82, 2.24) is 15.0 Å². The van der Waals surface area contributed by atoms with Crippen LogP contribution in [0.5, 0.6) is 11.5 Å². The summed E-state index contributed by atoms with van der Waals surface area (Å²) in [6, 6.07) is 11.7. The Balaban J connectivity index is 1.22. The van der Waals surface area contributed by atoms with Crippen LogP contribution >= 0.6 is 11.8 Å². The van der Waals surface area contributed by atoms with Crippen molar-refractivity contribution in [2.24, 2.45) is 5.41 Å². The average Bonchev–Trinajstić information content (AvgIpc) is 3.27. The van der Waals surface area contributed by atoms with E-state index in [4.69, 9.17) is 14.2 Å². The molecule has 1 N–H and O–H groups in total. The van der Waals surface area contributed by atoms with Gasteiger partial charge in [0.1, 0.15) is 11.5 Å². The third-order valence-electron chi connectivity index (χ3n) is 5.65. The third-order valence-corrected chi connectivity index (χ3v) is 6.61. The molecule has 0 saturated heterocycles. The molecule has 190 valence electrons. The van der Waals surface area contributed by atoms with Crippen molar-refractivity contribution >= 4 is 28.9 Å². The lowest BCUT2D eigenvalue weighted by atomic mass is 9.87. The van der Waals surface area contributed by atoms with Crippen LogP contribution in [0.25, 0.3) is 11.2 Å². The van der Waals surface area contributed by atoms with Gasteiger partial charge in [-0.15, -0.1) is 0 Å². The quantitative estimate of drug-likeness (QED) is 0.138. The number of benzene rings is 1. The zero-order valence-electron chi connectivity index (χ0n) is 21.0. The third kappa shape index (κ3) is 9.09. The predicted molar refractivity (Wildman–Crippen MR) is 140 cm³/mol. The van der Waals surface area contributed by atoms with Crippen molar-refractivity contribution in [3.8, 4) is 11.5 Å². The number of imidazole rings is 1. The number of fused-ring (bicyclic) bond motifs is 1. The zero-order chi connectivity index (χ0) is 24.9. The first-order valence-electron chi connectivity index (χ1n) is 12.4. The fourth-order valence-corrected chi connectivity index (χ4v) is 4.43. The molecule has 2 aromatic heterocycles. The van der Waals surface area contributed by atoms with Crippen molar-refractivity contribution in [2.75, 3.05) is 25.6 Å². The van der Waals surface area contributed by atoms with Crippen LogP contribution in [0.3, 0.4) is 0 Å². The molecule has 1 aromatic carbocycles. The van der Waals surface area contributed by atoms with E-state index in [9.17, 15) is 4.79 Å². The Bertz CT molecular complexity index is 1000. The summed E-state index contributed by atoms with van der Waals surface area (Å²) < 4.78 is 16.8. The standard InChI is InChI=1S/C27H37N3O4S/c1-4-32-25(31)27(2,3)16-6-8-19-34-22-14-12-21(13-15-22)33-18-7-5-9-20-35-26-29-23-11-10-17-28-24(23)30-26/h10-15,17H,4-9,16,18-20H2,1-3H3,(H,28,29,30). The molecule has 0 aliphatic rings. The van der Waals surface area contributed by atoms with E-state index >= 15 is 0 Å². The number of hydrogen-bond donors (Lipinski definition) is 1. The molecule has 0 bridgehead atoms. The SMILES string of the molecule is CCOC(=O)C(C)(C)CCCCOc1ccc(OCCCCCSc2nc3ncccc3[nH]2)cc1. The van der Waals surface area contributed by atoms with Crippen LogP contribution in [0.4, 0.5) is 0 Å². The van der Waals surface area contributed by atoms with Gasteiger partial charge in [-0.25, -0.2) is 9.97 Å². The van der Waals surface area contributed by atoms with Gasteiger partial charge in [-0.2, -0.15) is 0 Å². The van der Waals surface area contributed by atoms with Crippen molar-refractivity contribution in [1.29, 1.82) is 0 Å². The van der Waals surface area contributed by atoms with Gasteiger partial charge < -0.3 is 19.2 Å². The lowest BCUT2D eigenvalue weighted by molar-refractivity contribution is -0.153. The van der Waals surface area contributed by atoms with E-state index in [0.717, 1.165) is 72.1 Å². The summed E-state index contributed by atoms with van der Waals surface area (Å²) in [5, 5.41) is 0.928. The van der Waals surface area contributed by atoms with E-state index in [1.807, 2.05) is 57.2 Å². The number of hydrogen-bond acceptors (Lipinski definition) is 7. The molecule has 0 radical (unpaired) electrons. The maximum atomic E-state index is 11.9. The van der Waals surface area contributed by atoms with Crippen molar-refractivity contribution in [3.05, 3.63) is 42.6 Å². The normalized spacial score (nSPS) is 11.5. The van der Waals surface area contributed by atoms with E-state index in [-0.39, 0.29) is 5.97 Å². The molecule has 0 saturated carbocycles. The number of thioether (sulfide) groups is 1. The van der Waals surface area contributed by atoms with Gasteiger partial charge in [-0.1, -0.05) is 11.8 Å². The number of esters is 1. The van der Waals surface area contributed by atoms with Crippen LogP contribution in [0.15, 0.2) is 47.8 Å². The summed E-state index contributed by atoms with van der Waals surface area (Å²) in [4.78, 5) is 24.0. The Hall–Kier alpha value is -2.74. The molecule has 2 heterocycles. The highest BCUT2D eigenvalue weighted by atomic mass is 32.2. The number of nitrogens with one attached hydrogen (secondary N) is 1. The molecule has 0 aliphatic carbocycles. The van der Waals surface area contributed by atoms with E-state index in [2.05, 4.69) is 15.0 Å². The van der Waals surface area contributed by atoms with Crippen LogP contribution in [0.2, 0.25) is 0 Å². The second-order valence-corrected chi connectivity index (χ2v) is 10.1. The predicted octanol–water partition coefficient (Wildman–Crippen LogP) is 6.44. The molecule has 0 spiro atoms. The number of ether oxygens (including phenoxy) is 3. The highest BCUT2D eigenvalue weighted by Gasteiger charge is 2.28. The molecule has 0 atom stereocenters. The van der Waals surface area contributed by atoms with Crippen molar-refractivity contribution in [2.45, 2.75) is 64.5 Å². The number of aromatic amines is 1. The number of pyridine rings is 1. The Morgan fingerprint density at radius 3 is 2.31 bits per heavy atom. The lowest BCUT2D eigenvalue weighted by Gasteiger charge is -2.21. The Labute approximate surface area is 212 Å². The molecule has 0 aliphatic heterocycles. The first-order chi connectivity index (χ1) is 17.0. The number of rotatable bonds is 16. The summed E-state index contributed by atoms with van der Waals surface area (Å²) in [7, 11) is 0. The molecular weight excluding hydrogens is 462 g/mol. The van der Waals surface area contributed by atoms with Crippen LogP contribution in [0.1, 0.15) is 59.3 Å². The summed E-state index contributed by atoms with van der Waals surface area (Å²) in [6.45, 7) is 7.46. The van der Waals surface area contributed by atoms with Gasteiger partial charge in [0.25, 0.3) is 0 Å². The van der Waals surface area contributed by atoms with Crippen LogP contribution < -0.4 is 9.47 Å². The topological polar surface area (TPSA) is 86.3 Å². The minimum absolute atomic E-state index is 0.129. The summed E-state index contributed by atoms with van der Waals surface area (Å²) >= 11 is 1.73. The number of carbonyl (C=O) groups excluding carboxylic acids is 1. The van der Waals surface area contributed by atoms with Gasteiger partial charge in [-0.05, 0) is 95.7 Å². The van der Waals surface area contributed by atoms with Crippen LogP contribution in [-0.4, -0.2) is 46.5 Å². The van der Waals surface area contributed by atoms with E-state index in [1.54, 1.807) is 18.0 Å². The summed E-state index contributed by atoms with van der Waals surface area (Å²) in [5.41, 5.74) is 1.31. The highest BCUT2D eigenvalue weighted by Crippen LogP contribution is 2.25. The molecule has 0 unspecified atom stereocenters. The maximum absolute atomic E-state index is 11.9. The Morgan fingerprint density at radius 1 is 0.971 bits per heavy atom. The van der Waals surface area contributed by atoms with Crippen molar-refractivity contribution < 1.29 is 19.0 Å². The second kappa shape index (κ2) is 14.0. The van der Waals surface area contributed by atoms with E-state index in [0.29, 0.717) is 19.8 Å². The van der Waals surface area contributed by atoms with Crippen LogP contribution in [0, 0.1) is 5.41 Å². The highest BCUT2D eigenvalue weighted by molar-refractivity contribution is 7.99. The second-order valence-electron chi connectivity index (χ2n) is 9.06. The monoisotopic (exact) mass is 499 g/mol. The minimum Gasteiger partial charge on any atom is -0.494 e. The number of H-pyrrole nitrogens is 1. The van der Waals surface area contributed by atoms with Gasteiger partial charge in [0.2, 0.25) is 0 Å².